The summed E-state index contributed by atoms with van der Waals surface area (Å²) in [7, 11) is 2.14. The van der Waals surface area contributed by atoms with Gasteiger partial charge >= 0.3 is 0 Å². The Bertz CT molecular complexity index is 622. The number of hydrogen-bond donors (Lipinski definition) is 1. The Morgan fingerprint density at radius 2 is 2.00 bits per heavy atom. The lowest BCUT2D eigenvalue weighted by molar-refractivity contribution is 0.353. The van der Waals surface area contributed by atoms with E-state index in [4.69, 9.17) is 0 Å². The molecule has 2 unspecified atom stereocenters. The summed E-state index contributed by atoms with van der Waals surface area (Å²) in [5.74, 6) is 0.852. The number of aryl methyl sites for hydroxylation is 1. The number of hydrogen-bond acceptors (Lipinski definition) is 4. The van der Waals surface area contributed by atoms with Crippen LogP contribution in [0.25, 0.3) is 5.65 Å². The van der Waals surface area contributed by atoms with Crippen LogP contribution in [0.15, 0.2) is 18.2 Å². The minimum atomic E-state index is 0.562. The van der Waals surface area contributed by atoms with E-state index in [0.29, 0.717) is 18.1 Å². The van der Waals surface area contributed by atoms with Crippen LogP contribution < -0.4 is 10.2 Å². The first kappa shape index (κ1) is 12.1. The predicted octanol–water partition coefficient (Wildman–Crippen LogP) is 1.76. The summed E-state index contributed by atoms with van der Waals surface area (Å²) in [5, 5.41) is 8.36. The van der Waals surface area contributed by atoms with E-state index in [1.165, 1.54) is 25.7 Å². The molecule has 2 saturated heterocycles. The third kappa shape index (κ3) is 1.88. The van der Waals surface area contributed by atoms with Crippen molar-refractivity contribution < 1.29 is 0 Å². The maximum absolute atomic E-state index is 4.68. The zero-order valence-corrected chi connectivity index (χ0v) is 12.1. The summed E-state index contributed by atoms with van der Waals surface area (Å²) in [6.45, 7) is 2.07. The first-order valence-corrected chi connectivity index (χ1v) is 7.52. The number of fused-ring (bicyclic) bond motifs is 3. The van der Waals surface area contributed by atoms with Crippen LogP contribution in [0.5, 0.6) is 0 Å². The van der Waals surface area contributed by atoms with Gasteiger partial charge in [-0.05, 0) is 44.7 Å². The molecule has 0 spiro atoms. The number of rotatable bonds is 2. The molecular formula is C15H21N5. The number of pyridine rings is 1. The number of nitrogens with one attached hydrogen (secondary N) is 1. The highest BCUT2D eigenvalue weighted by molar-refractivity contribution is 5.46. The lowest BCUT2D eigenvalue weighted by atomic mass is 9.99. The molecule has 106 valence electrons. The van der Waals surface area contributed by atoms with Crippen molar-refractivity contribution in [3.63, 3.8) is 0 Å². The van der Waals surface area contributed by atoms with Crippen molar-refractivity contribution in [1.29, 1.82) is 0 Å². The Morgan fingerprint density at radius 1 is 1.25 bits per heavy atom. The SMILES string of the molecule is Cc1cccc2nc(N(C)C3CC4CCC(C3)N4)nn12. The predicted molar refractivity (Wildman–Crippen MR) is 79.1 cm³/mol. The smallest absolute Gasteiger partial charge is 0.245 e. The molecule has 2 aliphatic heterocycles. The summed E-state index contributed by atoms with van der Waals surface area (Å²) in [6, 6.07) is 8.07. The van der Waals surface area contributed by atoms with Gasteiger partial charge in [0, 0.05) is 30.9 Å². The third-order valence-corrected chi connectivity index (χ3v) is 4.85. The second-order valence-corrected chi connectivity index (χ2v) is 6.22. The third-order valence-electron chi connectivity index (χ3n) is 4.85. The van der Waals surface area contributed by atoms with E-state index in [9.17, 15) is 0 Å². The van der Waals surface area contributed by atoms with Gasteiger partial charge in [0.1, 0.15) is 0 Å². The summed E-state index contributed by atoms with van der Waals surface area (Å²) in [6.07, 6.45) is 5.07. The Labute approximate surface area is 119 Å². The van der Waals surface area contributed by atoms with Crippen LogP contribution in [0.3, 0.4) is 0 Å². The topological polar surface area (TPSA) is 45.5 Å². The van der Waals surface area contributed by atoms with E-state index in [2.05, 4.69) is 40.3 Å². The largest absolute Gasteiger partial charge is 0.339 e. The molecule has 0 radical (unpaired) electrons. The maximum Gasteiger partial charge on any atom is 0.245 e. The van der Waals surface area contributed by atoms with Crippen LogP contribution >= 0.6 is 0 Å². The fourth-order valence-corrected chi connectivity index (χ4v) is 3.68. The van der Waals surface area contributed by atoms with Crippen LogP contribution in [0, 0.1) is 6.92 Å². The van der Waals surface area contributed by atoms with Crippen LogP contribution in [-0.2, 0) is 0 Å². The minimum Gasteiger partial charge on any atom is -0.339 e. The first-order valence-electron chi connectivity index (χ1n) is 7.52. The van der Waals surface area contributed by atoms with E-state index in [1.54, 1.807) is 0 Å². The summed E-state index contributed by atoms with van der Waals surface area (Å²) < 4.78 is 1.93. The van der Waals surface area contributed by atoms with Gasteiger partial charge in [0.15, 0.2) is 5.65 Å². The van der Waals surface area contributed by atoms with Crippen molar-refractivity contribution >= 4 is 11.6 Å². The van der Waals surface area contributed by atoms with E-state index in [-0.39, 0.29) is 0 Å². The fourth-order valence-electron chi connectivity index (χ4n) is 3.68. The van der Waals surface area contributed by atoms with Gasteiger partial charge in [-0.25, -0.2) is 4.52 Å². The highest BCUT2D eigenvalue weighted by atomic mass is 15.4. The molecule has 20 heavy (non-hydrogen) atoms. The maximum atomic E-state index is 4.68. The van der Waals surface area contributed by atoms with Gasteiger partial charge in [-0.1, -0.05) is 6.07 Å². The molecule has 5 heteroatoms. The van der Waals surface area contributed by atoms with Crippen molar-refractivity contribution in [1.82, 2.24) is 19.9 Å². The molecule has 0 aliphatic carbocycles. The normalized spacial score (nSPS) is 29.0. The van der Waals surface area contributed by atoms with Crippen molar-refractivity contribution in [3.8, 4) is 0 Å². The second-order valence-electron chi connectivity index (χ2n) is 6.22. The Balaban J connectivity index is 1.63. The van der Waals surface area contributed by atoms with Gasteiger partial charge in [0.2, 0.25) is 5.95 Å². The van der Waals surface area contributed by atoms with E-state index >= 15 is 0 Å². The van der Waals surface area contributed by atoms with Gasteiger partial charge in [0.05, 0.1) is 0 Å². The summed E-state index contributed by atoms with van der Waals surface area (Å²) in [5.41, 5.74) is 2.06. The monoisotopic (exact) mass is 271 g/mol. The number of aromatic nitrogens is 3. The zero-order chi connectivity index (χ0) is 13.7. The van der Waals surface area contributed by atoms with Crippen LogP contribution in [-0.4, -0.2) is 39.8 Å². The standard InChI is InChI=1S/C15H21N5/c1-10-4-3-5-14-17-15(18-20(10)14)19(2)13-8-11-6-7-12(9-13)16-11/h3-5,11-13,16H,6-9H2,1-2H3. The number of nitrogens with zero attached hydrogens (tertiary/aromatic N) is 4. The molecule has 1 N–H and O–H groups in total. The quantitative estimate of drug-likeness (QED) is 0.904. The lowest BCUT2D eigenvalue weighted by Gasteiger charge is -2.34. The Hall–Kier alpha value is -1.62. The van der Waals surface area contributed by atoms with Gasteiger partial charge in [-0.2, -0.15) is 4.98 Å². The minimum absolute atomic E-state index is 0.562. The molecule has 2 atom stereocenters. The van der Waals surface area contributed by atoms with Gasteiger partial charge < -0.3 is 10.2 Å². The highest BCUT2D eigenvalue weighted by Crippen LogP contribution is 2.30. The molecule has 2 fully saturated rings. The highest BCUT2D eigenvalue weighted by Gasteiger charge is 2.36. The molecule has 4 heterocycles. The average molecular weight is 271 g/mol. The average Bonchev–Trinajstić information content (AvgIpc) is 3.02. The van der Waals surface area contributed by atoms with Gasteiger partial charge in [-0.15, -0.1) is 5.10 Å². The molecule has 5 nitrogen and oxygen atoms in total. The van der Waals surface area contributed by atoms with Crippen LogP contribution in [0.2, 0.25) is 0 Å². The van der Waals surface area contributed by atoms with Gasteiger partial charge in [-0.3, -0.25) is 0 Å². The molecule has 2 bridgehead atoms. The zero-order valence-electron chi connectivity index (χ0n) is 12.1. The molecule has 0 aromatic carbocycles. The van der Waals surface area contributed by atoms with Crippen molar-refractivity contribution in [3.05, 3.63) is 23.9 Å². The van der Waals surface area contributed by atoms with Crippen molar-refractivity contribution in [2.45, 2.75) is 50.7 Å². The first-order chi connectivity index (χ1) is 9.70. The van der Waals surface area contributed by atoms with E-state index < -0.39 is 0 Å². The second kappa shape index (κ2) is 4.45. The lowest BCUT2D eigenvalue weighted by Crippen LogP contribution is -2.47. The molecule has 2 aromatic heterocycles. The molecule has 4 rings (SSSR count). The number of piperidine rings is 1. The Morgan fingerprint density at radius 3 is 2.70 bits per heavy atom. The molecule has 2 aliphatic rings. The van der Waals surface area contributed by atoms with Gasteiger partial charge in [0.25, 0.3) is 0 Å². The van der Waals surface area contributed by atoms with Crippen molar-refractivity contribution in [2.24, 2.45) is 0 Å². The number of anilines is 1. The van der Waals surface area contributed by atoms with E-state index in [1.807, 2.05) is 16.6 Å². The van der Waals surface area contributed by atoms with Crippen molar-refractivity contribution in [2.75, 3.05) is 11.9 Å². The summed E-state index contributed by atoms with van der Waals surface area (Å²) >= 11 is 0. The van der Waals surface area contributed by atoms with Crippen LogP contribution in [0.1, 0.15) is 31.4 Å². The van der Waals surface area contributed by atoms with Crippen LogP contribution in [0.4, 0.5) is 5.95 Å². The molecule has 2 aromatic rings. The van der Waals surface area contributed by atoms with E-state index in [0.717, 1.165) is 17.3 Å². The molecule has 0 amide bonds. The Kier molecular flexibility index (Phi) is 2.70. The summed E-state index contributed by atoms with van der Waals surface area (Å²) in [4.78, 5) is 6.95. The molecular weight excluding hydrogens is 250 g/mol. The fraction of sp³-hybridized carbons (Fsp3) is 0.600. The molecule has 0 saturated carbocycles.